The summed E-state index contributed by atoms with van der Waals surface area (Å²) in [6, 6.07) is -16.0. The van der Waals surface area contributed by atoms with Gasteiger partial charge in [0.25, 0.3) is 53.3 Å². The van der Waals surface area contributed by atoms with Crippen LogP contribution in [-0.4, -0.2) is 326 Å². The van der Waals surface area contributed by atoms with Gasteiger partial charge in [0.15, 0.2) is 35.5 Å². The molecule has 2 saturated carbocycles. The molecular weight excluding hydrogens is 1540 g/mol. The topological polar surface area (TPSA) is 815 Å². The van der Waals surface area contributed by atoms with Gasteiger partial charge in [0.05, 0.1) is 26.9 Å². The Labute approximate surface area is 589 Å². The summed E-state index contributed by atoms with van der Waals surface area (Å²) in [5, 5.41) is 215. The van der Waals surface area contributed by atoms with E-state index in [1.807, 2.05) is 0 Å². The number of hydrogen-bond acceptors (Lipinski definition) is 40. The van der Waals surface area contributed by atoms with Gasteiger partial charge in [-0.05, 0) is 62.8 Å². The minimum absolute atomic E-state index is 0. The Balaban J connectivity index is -0.000000280. The average Bonchev–Trinajstić information content (AvgIpc) is 0.734. The molecule has 57 nitrogen and oxygen atoms in total. The van der Waals surface area contributed by atoms with Crippen LogP contribution in [0.3, 0.4) is 0 Å². The van der Waals surface area contributed by atoms with Gasteiger partial charge >= 0.3 is 41.2 Å². The molecule has 0 aliphatic heterocycles. The molecule has 0 amide bonds. The Morgan fingerprint density at radius 1 is 0.467 bits per heavy atom. The van der Waals surface area contributed by atoms with Crippen molar-refractivity contribution in [2.75, 3.05) is 82.6 Å². The van der Waals surface area contributed by atoms with Crippen molar-refractivity contribution in [1.82, 2.24) is 9.80 Å². The Morgan fingerprint density at radius 3 is 0.850 bits per heavy atom. The number of non-ortho nitro benzene ring substituents is 1. The molecule has 612 valence electrons. The molecule has 0 spiro atoms. The van der Waals surface area contributed by atoms with Crippen LogP contribution >= 0.6 is 8.16 Å². The zero-order valence-electron chi connectivity index (χ0n) is 57.2. The molecule has 1 aromatic carbocycles. The van der Waals surface area contributed by atoms with Crippen molar-refractivity contribution in [2.45, 2.75) is 130 Å². The van der Waals surface area contributed by atoms with Gasteiger partial charge in [0.1, 0.15) is 33.8 Å². The van der Waals surface area contributed by atoms with Crippen LogP contribution in [0, 0.1) is 159 Å². The summed E-state index contributed by atoms with van der Waals surface area (Å²) >= 11 is 0. The molecule has 2 fully saturated rings. The summed E-state index contributed by atoms with van der Waals surface area (Å²) in [7, 11) is 4.14. The summed E-state index contributed by atoms with van der Waals surface area (Å²) in [4.78, 5) is 166. The van der Waals surface area contributed by atoms with E-state index in [1.165, 1.54) is 44.9 Å². The molecule has 0 bridgehead atoms. The predicted molar refractivity (Wildman–Crippen MR) is 335 cm³/mol. The standard InChI is InChI=1S/C11H21N5O7.C7H11N3O9.C7H5N3O6.C7H15N3O2.2C4H8N2O5.C3H3NO4.F5P.FH/c1-11(17)9(15(20)21)7(12(2)3)6(14(18)19)8(13(4)5)10(11)16(22)23;1-7(13)5(9(16)17)3(11)2(8(14)15)4(12)6(7)10(18)19;1-4-6(9(13)14)2-5(8(11)12)3-7(4)10(15)16;1-8(2)5-7(10(11)12)6-9(3)4;2*1-4(7,2-5(8)9)3-6(10)11;5-1-3(2-6)4(7)8;1-6(2,3,4)5;/h6-10,17H,1-5H3;2-6,11-13H,1H3;2-3H,1H3;5-7H,1-4H3;2*7H,2-3H2,1H3;1-3H;;1H/q;;;+2;;;;;/p-1. The molecule has 3 rings (SSSR count). The number of halogens is 6. The molecule has 0 heterocycles. The fourth-order valence-corrected chi connectivity index (χ4v) is 9.17. The van der Waals surface area contributed by atoms with Gasteiger partial charge in [-0.25, -0.2) is 9.15 Å². The average molecular weight is 1610 g/mol. The van der Waals surface area contributed by atoms with Crippen LogP contribution in [0.2, 0.25) is 0 Å². The number of benzene rings is 1. The third-order valence-electron chi connectivity index (χ3n) is 13.2. The largest absolute Gasteiger partial charge is 1.00 e. The second kappa shape index (κ2) is 43.8. The van der Waals surface area contributed by atoms with Gasteiger partial charge in [-0.3, -0.25) is 171 Å². The van der Waals surface area contributed by atoms with Crippen molar-refractivity contribution in [3.63, 3.8) is 0 Å². The van der Waals surface area contributed by atoms with Gasteiger partial charge in [-0.1, -0.05) is 0 Å². The number of carbonyl (C=O) groups is 2. The number of hydrogen-bond donors (Lipinski definition) is 6. The summed E-state index contributed by atoms with van der Waals surface area (Å²) < 4.78 is 52.5. The van der Waals surface area contributed by atoms with Crippen LogP contribution < -0.4 is 4.70 Å². The van der Waals surface area contributed by atoms with Gasteiger partial charge in [-0.15, -0.1) is 0 Å². The molecule has 64 heteroatoms. The number of carbonyl (C=O) groups excluding carboxylic acids is 2. The number of aliphatic hydroxyl groups is 6. The quantitative estimate of drug-likeness (QED) is 0.00778. The molecule has 2 aliphatic carbocycles. The van der Waals surface area contributed by atoms with Crippen LogP contribution in [0.25, 0.3) is 0 Å². The smallest absolute Gasteiger partial charge is 0.321 e. The molecule has 0 aromatic heterocycles. The fraction of sp³-hybridized carbons (Fsp3) is 0.767. The van der Waals surface area contributed by atoms with E-state index in [0.29, 0.717) is 19.1 Å². The second-order valence-electron chi connectivity index (χ2n) is 23.3. The van der Waals surface area contributed by atoms with Crippen LogP contribution in [0.15, 0.2) is 12.1 Å². The molecule has 0 radical (unpaired) electrons. The molecule has 8 atom stereocenters. The summed E-state index contributed by atoms with van der Waals surface area (Å²) in [6.07, 6.45) is -1.67. The van der Waals surface area contributed by atoms with E-state index in [4.69, 9.17) is 10.2 Å². The number of likely N-dealkylation sites (N-methyl/N-ethyl adjacent to an activating group) is 2. The predicted octanol–water partition coefficient (Wildman–Crippen LogP) is -5.43. The Hall–Kier alpha value is -11.4. The zero-order valence-corrected chi connectivity index (χ0v) is 58.1. The number of nitro benzene ring substituents is 3. The first-order chi connectivity index (χ1) is 47.3. The van der Waals surface area contributed by atoms with E-state index in [2.05, 4.69) is 0 Å². The zero-order chi connectivity index (χ0) is 85.7. The van der Waals surface area contributed by atoms with E-state index < -0.39 is 215 Å². The van der Waals surface area contributed by atoms with Crippen molar-refractivity contribution in [1.29, 1.82) is 0 Å². The molecule has 2 aliphatic rings. The third kappa shape index (κ3) is 38.8. The van der Waals surface area contributed by atoms with Gasteiger partial charge < -0.3 is 35.3 Å². The van der Waals surface area contributed by atoms with E-state index in [-0.39, 0.29) is 27.8 Å². The summed E-state index contributed by atoms with van der Waals surface area (Å²) in [5.41, 5.74) is -11.0. The Morgan fingerprint density at radius 2 is 0.701 bits per heavy atom. The first-order valence-electron chi connectivity index (χ1n) is 27.5. The Kier molecular flexibility index (Phi) is 43.6. The van der Waals surface area contributed by atoms with Crippen LogP contribution in [-0.2, 0) is 9.59 Å². The maximum absolute atomic E-state index is 11.6. The molecule has 1 aromatic rings. The normalized spacial score (nSPS) is 22.2. The molecule has 0 saturated heterocycles. The van der Waals surface area contributed by atoms with E-state index in [1.54, 1.807) is 49.8 Å². The number of nitrogens with zero attached hydrogens (tertiary/aromatic N) is 19. The van der Waals surface area contributed by atoms with Gasteiger partial charge in [0, 0.05) is 59.1 Å². The van der Waals surface area contributed by atoms with Crippen molar-refractivity contribution < 1.29 is 149 Å². The van der Waals surface area contributed by atoms with E-state index >= 15 is 0 Å². The minimum atomic E-state index is -8.55. The van der Waals surface area contributed by atoms with E-state index in [0.717, 1.165) is 20.8 Å². The van der Waals surface area contributed by atoms with Crippen LogP contribution in [0.1, 0.15) is 33.3 Å². The molecule has 6 N–H and O–H groups in total. The van der Waals surface area contributed by atoms with Gasteiger partial charge in [-0.2, -0.15) is 0 Å². The molecule has 107 heavy (non-hydrogen) atoms. The SMILES string of the molecule is CC(O)(C[N+](=O)[O-])C[N+](=O)[O-].CC(O)(C[N+](=O)[O-])C[N+](=O)[O-].CC1(O)C([N+](=O)[O-])C(O)C([N+](=O)[O-])C(O)C1[N+](=O)[O-].CN(C)C1C([N+](=O)[O-])C(N(C)C)C([N+](=O)[O-])C(C)(O)C1[N+](=O)[O-].C[N+](C)=CC(C=[N+](C)C)[N+](=O)[O-].Cc1c([N+](=O)[O-])cc([N+](=O)[O-])cc1[N+](=O)[O-].FP(F)(F)(F)F.O=CC(C=O)[N+](=O)[O-].[F-]. The van der Waals surface area contributed by atoms with Gasteiger partial charge in [0.2, 0.25) is 62.4 Å². The van der Waals surface area contributed by atoms with Crippen molar-refractivity contribution >= 4 is 50.2 Å². The first-order valence-corrected chi connectivity index (χ1v) is 29.2. The van der Waals surface area contributed by atoms with Crippen molar-refractivity contribution in [3.8, 4) is 0 Å². The first kappa shape index (κ1) is 107. The van der Waals surface area contributed by atoms with Crippen molar-refractivity contribution in [2.24, 2.45) is 0 Å². The van der Waals surface area contributed by atoms with Crippen LogP contribution in [0.4, 0.5) is 38.0 Å². The maximum atomic E-state index is 11.6. The maximum Gasteiger partial charge on any atom is 0.321 e. The Bertz CT molecular complexity index is 3250. The number of nitro groups is 15. The minimum Gasteiger partial charge on any atom is -1.00 e. The molecule has 8 unspecified atom stereocenters. The fourth-order valence-electron chi connectivity index (χ4n) is 9.17. The summed E-state index contributed by atoms with van der Waals surface area (Å²) in [6.45, 7) is 1.70. The number of aldehydes is 2. The third-order valence-corrected chi connectivity index (χ3v) is 13.2. The monoisotopic (exact) mass is 1610 g/mol. The second-order valence-corrected chi connectivity index (χ2v) is 24.6. The molecular formula is C43H71F6N19O38P+. The van der Waals surface area contributed by atoms with Crippen molar-refractivity contribution in [3.05, 3.63) is 169 Å². The van der Waals surface area contributed by atoms with Crippen LogP contribution in [0.5, 0.6) is 0 Å². The summed E-state index contributed by atoms with van der Waals surface area (Å²) in [5.74, 6) is 0. The number of aliphatic hydroxyl groups excluding tert-OH is 2. The number of rotatable bonds is 25. The van der Waals surface area contributed by atoms with E-state index in [9.17, 15) is 203 Å².